The molecule has 6 heteroatoms. The number of carbonyl (C=O) groups is 1. The minimum Gasteiger partial charge on any atom is -0.487 e. The van der Waals surface area contributed by atoms with E-state index in [9.17, 15) is 4.79 Å². The average molecular weight is 410 g/mol. The maximum atomic E-state index is 12.0. The molecule has 0 unspecified atom stereocenters. The first-order valence-electron chi connectivity index (χ1n) is 10.1. The van der Waals surface area contributed by atoms with Crippen LogP contribution in [0.3, 0.4) is 0 Å². The first-order valence-corrected chi connectivity index (χ1v) is 10.5. The molecular formula is C23H27N3O2S. The van der Waals surface area contributed by atoms with Crippen molar-refractivity contribution in [3.05, 3.63) is 53.6 Å². The molecule has 152 valence electrons. The van der Waals surface area contributed by atoms with Gasteiger partial charge >= 0.3 is 0 Å². The quantitative estimate of drug-likeness (QED) is 0.719. The maximum absolute atomic E-state index is 12.0. The van der Waals surface area contributed by atoms with Crippen LogP contribution in [-0.4, -0.2) is 23.2 Å². The SMILES string of the molecule is Cc1cc(NC(=S)N[C@H]2CC(C)(C)Oc3ccccc32)ccc1N1CCCC1=O. The molecule has 0 saturated carbocycles. The van der Waals surface area contributed by atoms with Gasteiger partial charge in [0.1, 0.15) is 11.4 Å². The molecule has 0 radical (unpaired) electrons. The van der Waals surface area contributed by atoms with Crippen LogP contribution in [0, 0.1) is 6.92 Å². The Bertz CT molecular complexity index is 957. The maximum Gasteiger partial charge on any atom is 0.227 e. The second-order valence-corrected chi connectivity index (χ2v) is 8.81. The summed E-state index contributed by atoms with van der Waals surface area (Å²) in [7, 11) is 0. The Morgan fingerprint density at radius 2 is 2.03 bits per heavy atom. The van der Waals surface area contributed by atoms with Gasteiger partial charge in [0.05, 0.1) is 6.04 Å². The number of ether oxygens (including phenoxy) is 1. The first-order chi connectivity index (χ1) is 13.8. The molecule has 1 amide bonds. The van der Waals surface area contributed by atoms with Crippen molar-refractivity contribution in [2.45, 2.75) is 51.7 Å². The van der Waals surface area contributed by atoms with Gasteiger partial charge in [-0.1, -0.05) is 18.2 Å². The Kier molecular flexibility index (Phi) is 5.21. The Balaban J connectivity index is 1.46. The highest BCUT2D eigenvalue weighted by atomic mass is 32.1. The van der Waals surface area contributed by atoms with Crippen LogP contribution in [0.2, 0.25) is 0 Å². The number of carbonyl (C=O) groups excluding carboxylic acids is 1. The highest BCUT2D eigenvalue weighted by Gasteiger charge is 2.33. The number of nitrogens with one attached hydrogen (secondary N) is 2. The molecule has 0 spiro atoms. The fourth-order valence-corrected chi connectivity index (χ4v) is 4.46. The minimum absolute atomic E-state index is 0.0811. The van der Waals surface area contributed by atoms with Crippen LogP contribution in [-0.2, 0) is 4.79 Å². The summed E-state index contributed by atoms with van der Waals surface area (Å²) in [6.07, 6.45) is 2.38. The van der Waals surface area contributed by atoms with Crippen LogP contribution in [0.15, 0.2) is 42.5 Å². The zero-order chi connectivity index (χ0) is 20.6. The molecule has 1 saturated heterocycles. The van der Waals surface area contributed by atoms with Crippen molar-refractivity contribution in [1.82, 2.24) is 5.32 Å². The third-order valence-electron chi connectivity index (χ3n) is 5.50. The standard InChI is InChI=1S/C23H27N3O2S/c1-15-13-16(10-11-19(15)26-12-6-9-21(26)27)24-22(29)25-18-14-23(2,3)28-20-8-5-4-7-17(18)20/h4-5,7-8,10-11,13,18H,6,9,12,14H2,1-3H3,(H2,24,25,29)/t18-/m0/s1. The van der Waals surface area contributed by atoms with Crippen molar-refractivity contribution < 1.29 is 9.53 Å². The van der Waals surface area contributed by atoms with Crippen LogP contribution in [0.5, 0.6) is 5.75 Å². The van der Waals surface area contributed by atoms with Gasteiger partial charge in [-0.3, -0.25) is 4.79 Å². The van der Waals surface area contributed by atoms with Crippen LogP contribution in [0.25, 0.3) is 0 Å². The summed E-state index contributed by atoms with van der Waals surface area (Å²) in [4.78, 5) is 13.9. The predicted octanol–water partition coefficient (Wildman–Crippen LogP) is 4.71. The van der Waals surface area contributed by atoms with Gasteiger partial charge in [-0.05, 0) is 69.2 Å². The normalized spacial score (nSPS) is 20.0. The fourth-order valence-electron chi connectivity index (χ4n) is 4.20. The number of para-hydroxylation sites is 1. The van der Waals surface area contributed by atoms with Crippen molar-refractivity contribution in [3.63, 3.8) is 0 Å². The van der Waals surface area contributed by atoms with E-state index in [2.05, 4.69) is 30.5 Å². The number of thiocarbonyl (C=S) groups is 1. The Hall–Kier alpha value is -2.60. The summed E-state index contributed by atoms with van der Waals surface area (Å²) in [5.74, 6) is 1.10. The molecule has 2 heterocycles. The molecule has 2 aromatic carbocycles. The number of amides is 1. The van der Waals surface area contributed by atoms with Gasteiger partial charge in [0.2, 0.25) is 5.91 Å². The average Bonchev–Trinajstić information content (AvgIpc) is 3.06. The molecule has 2 aliphatic heterocycles. The van der Waals surface area contributed by atoms with Crippen LogP contribution in [0.1, 0.15) is 50.3 Å². The topological polar surface area (TPSA) is 53.6 Å². The molecule has 2 N–H and O–H groups in total. The zero-order valence-corrected chi connectivity index (χ0v) is 17.9. The molecule has 1 atom stereocenters. The number of rotatable bonds is 3. The van der Waals surface area contributed by atoms with Crippen molar-refractivity contribution in [3.8, 4) is 5.75 Å². The number of anilines is 2. The van der Waals surface area contributed by atoms with E-state index < -0.39 is 0 Å². The molecule has 0 aliphatic carbocycles. The predicted molar refractivity (Wildman–Crippen MR) is 121 cm³/mol. The molecule has 5 nitrogen and oxygen atoms in total. The summed E-state index contributed by atoms with van der Waals surface area (Å²) < 4.78 is 6.10. The number of hydrogen-bond donors (Lipinski definition) is 2. The third-order valence-corrected chi connectivity index (χ3v) is 5.72. The van der Waals surface area contributed by atoms with E-state index in [1.165, 1.54) is 0 Å². The van der Waals surface area contributed by atoms with Crippen LogP contribution >= 0.6 is 12.2 Å². The Morgan fingerprint density at radius 3 is 2.76 bits per heavy atom. The number of nitrogens with zero attached hydrogens (tertiary/aromatic N) is 1. The van der Waals surface area contributed by atoms with Crippen LogP contribution < -0.4 is 20.3 Å². The summed E-state index contributed by atoms with van der Waals surface area (Å²) in [5.41, 5.74) is 3.81. The lowest BCUT2D eigenvalue weighted by Gasteiger charge is -2.38. The smallest absolute Gasteiger partial charge is 0.227 e. The minimum atomic E-state index is -0.262. The fraction of sp³-hybridized carbons (Fsp3) is 0.391. The first kappa shape index (κ1) is 19.7. The lowest BCUT2D eigenvalue weighted by Crippen LogP contribution is -2.42. The largest absolute Gasteiger partial charge is 0.487 e. The molecule has 2 aliphatic rings. The molecule has 2 aromatic rings. The van der Waals surface area contributed by atoms with E-state index in [0.717, 1.165) is 47.6 Å². The van der Waals surface area contributed by atoms with Crippen molar-refractivity contribution in [2.24, 2.45) is 0 Å². The lowest BCUT2D eigenvalue weighted by atomic mass is 9.90. The van der Waals surface area contributed by atoms with Gasteiger partial charge in [-0.2, -0.15) is 0 Å². The number of hydrogen-bond acceptors (Lipinski definition) is 3. The van der Waals surface area contributed by atoms with Gasteiger partial charge in [0, 0.05) is 36.3 Å². The van der Waals surface area contributed by atoms with E-state index in [-0.39, 0.29) is 17.6 Å². The van der Waals surface area contributed by atoms with Crippen molar-refractivity contribution in [1.29, 1.82) is 0 Å². The highest BCUT2D eigenvalue weighted by molar-refractivity contribution is 7.80. The lowest BCUT2D eigenvalue weighted by molar-refractivity contribution is -0.117. The molecule has 1 fully saturated rings. The number of aryl methyl sites for hydroxylation is 1. The second kappa shape index (κ2) is 7.67. The molecule has 0 bridgehead atoms. The van der Waals surface area contributed by atoms with Gasteiger partial charge < -0.3 is 20.3 Å². The number of fused-ring (bicyclic) bond motifs is 1. The van der Waals surface area contributed by atoms with Gasteiger partial charge in [0.25, 0.3) is 0 Å². The van der Waals surface area contributed by atoms with E-state index in [4.69, 9.17) is 17.0 Å². The summed E-state index contributed by atoms with van der Waals surface area (Å²) >= 11 is 5.60. The Morgan fingerprint density at radius 1 is 1.24 bits per heavy atom. The van der Waals surface area contributed by atoms with E-state index in [0.29, 0.717) is 11.5 Å². The highest BCUT2D eigenvalue weighted by Crippen LogP contribution is 2.39. The van der Waals surface area contributed by atoms with Gasteiger partial charge in [-0.15, -0.1) is 0 Å². The van der Waals surface area contributed by atoms with E-state index in [1.807, 2.05) is 48.2 Å². The Labute approximate surface area is 177 Å². The molecular weight excluding hydrogens is 382 g/mol. The third kappa shape index (κ3) is 4.22. The second-order valence-electron chi connectivity index (χ2n) is 8.40. The zero-order valence-electron chi connectivity index (χ0n) is 17.1. The van der Waals surface area contributed by atoms with E-state index >= 15 is 0 Å². The van der Waals surface area contributed by atoms with Gasteiger partial charge in [-0.25, -0.2) is 0 Å². The van der Waals surface area contributed by atoms with Crippen molar-refractivity contribution in [2.75, 3.05) is 16.8 Å². The molecule has 4 rings (SSSR count). The summed E-state index contributed by atoms with van der Waals surface area (Å²) in [5, 5.41) is 7.32. The summed E-state index contributed by atoms with van der Waals surface area (Å²) in [6, 6.07) is 14.2. The summed E-state index contributed by atoms with van der Waals surface area (Å²) in [6.45, 7) is 7.01. The van der Waals surface area contributed by atoms with Crippen molar-refractivity contribution >= 4 is 34.6 Å². The molecule has 0 aromatic heterocycles. The monoisotopic (exact) mass is 409 g/mol. The van der Waals surface area contributed by atoms with Gasteiger partial charge in [0.15, 0.2) is 5.11 Å². The van der Waals surface area contributed by atoms with E-state index in [1.54, 1.807) is 0 Å². The number of benzene rings is 2. The molecule has 29 heavy (non-hydrogen) atoms. The van der Waals surface area contributed by atoms with Crippen LogP contribution in [0.4, 0.5) is 11.4 Å².